The van der Waals surface area contributed by atoms with E-state index in [9.17, 15) is 9.59 Å². The highest BCUT2D eigenvalue weighted by Crippen LogP contribution is 2.24. The summed E-state index contributed by atoms with van der Waals surface area (Å²) in [6, 6.07) is 21.2. The van der Waals surface area contributed by atoms with Gasteiger partial charge >= 0.3 is 0 Å². The molecule has 8 nitrogen and oxygen atoms in total. The van der Waals surface area contributed by atoms with Gasteiger partial charge in [-0.25, -0.2) is 4.68 Å². The Kier molecular flexibility index (Phi) is 6.84. The molecular weight excluding hydrogens is 454 g/mol. The molecule has 36 heavy (non-hydrogen) atoms. The Bertz CT molecular complexity index is 1330. The number of nitrogens with one attached hydrogen (secondary N) is 1. The first-order valence-corrected chi connectivity index (χ1v) is 12.1. The fourth-order valence-corrected chi connectivity index (χ4v) is 4.64. The minimum Gasteiger partial charge on any atom is -0.497 e. The molecule has 1 fully saturated rings. The molecule has 0 bridgehead atoms. The quantitative estimate of drug-likeness (QED) is 0.433. The van der Waals surface area contributed by atoms with Crippen molar-refractivity contribution in [2.24, 2.45) is 5.92 Å². The van der Waals surface area contributed by atoms with E-state index in [-0.39, 0.29) is 17.7 Å². The molecule has 5 rings (SSSR count). The highest BCUT2D eigenvalue weighted by Gasteiger charge is 2.31. The van der Waals surface area contributed by atoms with Crippen molar-refractivity contribution in [2.75, 3.05) is 20.2 Å². The van der Waals surface area contributed by atoms with E-state index < -0.39 is 0 Å². The summed E-state index contributed by atoms with van der Waals surface area (Å²) in [7, 11) is 1.62. The van der Waals surface area contributed by atoms with Crippen molar-refractivity contribution in [3.05, 3.63) is 96.4 Å². The number of amides is 2. The van der Waals surface area contributed by atoms with Gasteiger partial charge in [-0.2, -0.15) is 5.10 Å². The maximum atomic E-state index is 13.7. The average molecular weight is 484 g/mol. The Morgan fingerprint density at radius 2 is 1.86 bits per heavy atom. The van der Waals surface area contributed by atoms with E-state index in [1.165, 1.54) is 0 Å². The van der Waals surface area contributed by atoms with Crippen LogP contribution in [0.2, 0.25) is 0 Å². The number of likely N-dealkylation sites (tertiary alicyclic amines) is 1. The average Bonchev–Trinajstić information content (AvgIpc) is 3.62. The van der Waals surface area contributed by atoms with Crippen LogP contribution in [0, 0.1) is 5.92 Å². The Morgan fingerprint density at radius 1 is 1.06 bits per heavy atom. The number of hydrogen-bond acceptors (Lipinski definition) is 4. The molecule has 2 amide bonds. The van der Waals surface area contributed by atoms with Gasteiger partial charge in [0.15, 0.2) is 5.82 Å². The van der Waals surface area contributed by atoms with Gasteiger partial charge in [0, 0.05) is 32.0 Å². The Balaban J connectivity index is 1.32. The lowest BCUT2D eigenvalue weighted by Gasteiger charge is -2.32. The summed E-state index contributed by atoms with van der Waals surface area (Å²) in [5.74, 6) is 1.02. The minimum absolute atomic E-state index is 0.0408. The lowest BCUT2D eigenvalue weighted by molar-refractivity contribution is -0.126. The van der Waals surface area contributed by atoms with Crippen LogP contribution in [-0.4, -0.2) is 51.3 Å². The van der Waals surface area contributed by atoms with Crippen molar-refractivity contribution in [3.8, 4) is 17.3 Å². The van der Waals surface area contributed by atoms with Gasteiger partial charge in [0.25, 0.3) is 5.91 Å². The monoisotopic (exact) mass is 483 g/mol. The lowest BCUT2D eigenvalue weighted by Crippen LogP contribution is -2.45. The number of nitrogens with zero attached hydrogens (tertiary/aromatic N) is 4. The van der Waals surface area contributed by atoms with Crippen molar-refractivity contribution in [2.45, 2.75) is 19.4 Å². The van der Waals surface area contributed by atoms with E-state index in [1.807, 2.05) is 83.7 Å². The van der Waals surface area contributed by atoms with Crippen LogP contribution in [-0.2, 0) is 11.3 Å². The van der Waals surface area contributed by atoms with Gasteiger partial charge in [0.1, 0.15) is 11.3 Å². The summed E-state index contributed by atoms with van der Waals surface area (Å²) in [6.07, 6.45) is 6.95. The van der Waals surface area contributed by atoms with Gasteiger partial charge in [0.2, 0.25) is 5.91 Å². The van der Waals surface area contributed by atoms with Crippen LogP contribution < -0.4 is 10.1 Å². The first-order valence-electron chi connectivity index (χ1n) is 12.1. The van der Waals surface area contributed by atoms with Gasteiger partial charge < -0.3 is 19.5 Å². The molecule has 1 aliphatic heterocycles. The Hall–Kier alpha value is -4.33. The van der Waals surface area contributed by atoms with Gasteiger partial charge in [-0.1, -0.05) is 30.3 Å². The molecule has 8 heteroatoms. The molecule has 1 saturated heterocycles. The number of piperidine rings is 1. The highest BCUT2D eigenvalue weighted by atomic mass is 16.5. The fraction of sp³-hybridized carbons (Fsp3) is 0.250. The Labute approximate surface area is 210 Å². The molecule has 1 N–H and O–H groups in total. The maximum absolute atomic E-state index is 13.7. The SMILES string of the molecule is COc1cccc(CNC(=O)[C@@H]2CCCN(C(=O)c3cnn(-c4ccccc4)c3-n3cccc3)C2)c1. The minimum atomic E-state index is -0.257. The van der Waals surface area contributed by atoms with Crippen LogP contribution in [0.15, 0.2) is 85.3 Å². The first-order chi connectivity index (χ1) is 17.6. The third-order valence-electron chi connectivity index (χ3n) is 6.50. The van der Waals surface area contributed by atoms with E-state index >= 15 is 0 Å². The van der Waals surface area contributed by atoms with E-state index in [0.717, 1.165) is 29.8 Å². The summed E-state index contributed by atoms with van der Waals surface area (Å²) in [5.41, 5.74) is 2.34. The topological polar surface area (TPSA) is 81.4 Å². The molecular formula is C28H29N5O3. The molecule has 0 aliphatic carbocycles. The van der Waals surface area contributed by atoms with Crippen molar-refractivity contribution in [1.82, 2.24) is 24.6 Å². The second kappa shape index (κ2) is 10.5. The molecule has 1 aliphatic rings. The molecule has 0 saturated carbocycles. The first kappa shape index (κ1) is 23.4. The predicted molar refractivity (Wildman–Crippen MR) is 136 cm³/mol. The number of carbonyl (C=O) groups excluding carboxylic acids is 2. The number of benzene rings is 2. The third-order valence-corrected chi connectivity index (χ3v) is 6.50. The normalized spacial score (nSPS) is 15.5. The van der Waals surface area contributed by atoms with Crippen LogP contribution in [0.3, 0.4) is 0 Å². The number of rotatable bonds is 7. The number of ether oxygens (including phenoxy) is 1. The maximum Gasteiger partial charge on any atom is 0.259 e. The van der Waals surface area contributed by atoms with Crippen LogP contribution in [0.4, 0.5) is 0 Å². The van der Waals surface area contributed by atoms with Gasteiger partial charge in [-0.15, -0.1) is 0 Å². The van der Waals surface area contributed by atoms with Crippen molar-refractivity contribution in [3.63, 3.8) is 0 Å². The molecule has 2 aromatic carbocycles. The Morgan fingerprint density at radius 3 is 2.64 bits per heavy atom. The molecule has 0 spiro atoms. The number of para-hydroxylation sites is 1. The smallest absolute Gasteiger partial charge is 0.259 e. The van der Waals surface area contributed by atoms with Gasteiger partial charge in [-0.05, 0) is 54.8 Å². The van der Waals surface area contributed by atoms with E-state index in [2.05, 4.69) is 10.4 Å². The lowest BCUT2D eigenvalue weighted by atomic mass is 9.96. The molecule has 1 atom stereocenters. The molecule has 184 valence electrons. The summed E-state index contributed by atoms with van der Waals surface area (Å²) in [4.78, 5) is 28.4. The van der Waals surface area contributed by atoms with E-state index in [4.69, 9.17) is 4.74 Å². The van der Waals surface area contributed by atoms with Crippen LogP contribution in [0.5, 0.6) is 5.75 Å². The van der Waals surface area contributed by atoms with Crippen LogP contribution in [0.1, 0.15) is 28.8 Å². The van der Waals surface area contributed by atoms with Crippen LogP contribution >= 0.6 is 0 Å². The molecule has 3 heterocycles. The zero-order valence-electron chi connectivity index (χ0n) is 20.2. The largest absolute Gasteiger partial charge is 0.497 e. The predicted octanol–water partition coefficient (Wildman–Crippen LogP) is 3.84. The molecule has 0 radical (unpaired) electrons. The molecule has 0 unspecified atom stereocenters. The standard InChI is InChI=1S/C28H29N5O3/c1-36-24-13-7-9-21(17-24)18-29-26(34)22-10-8-16-32(20-22)28(35)25-19-30-33(23-11-3-2-4-12-23)27(25)31-14-5-6-15-31/h2-7,9,11-15,17,19,22H,8,10,16,18,20H2,1H3,(H,29,34)/t22-/m1/s1. The zero-order chi connectivity index (χ0) is 24.9. The fourth-order valence-electron chi connectivity index (χ4n) is 4.64. The number of hydrogen-bond donors (Lipinski definition) is 1. The van der Waals surface area contributed by atoms with E-state index in [1.54, 1.807) is 22.9 Å². The third kappa shape index (κ3) is 4.88. The highest BCUT2D eigenvalue weighted by molar-refractivity contribution is 5.97. The summed E-state index contributed by atoms with van der Waals surface area (Å²) < 4.78 is 8.93. The van der Waals surface area contributed by atoms with E-state index in [0.29, 0.717) is 31.0 Å². The summed E-state index contributed by atoms with van der Waals surface area (Å²) in [6.45, 7) is 1.41. The van der Waals surface area contributed by atoms with Crippen molar-refractivity contribution in [1.29, 1.82) is 0 Å². The van der Waals surface area contributed by atoms with Crippen molar-refractivity contribution < 1.29 is 14.3 Å². The second-order valence-electron chi connectivity index (χ2n) is 8.88. The van der Waals surface area contributed by atoms with Crippen LogP contribution in [0.25, 0.3) is 11.5 Å². The number of carbonyl (C=O) groups is 2. The number of methoxy groups -OCH3 is 1. The summed E-state index contributed by atoms with van der Waals surface area (Å²) in [5, 5.41) is 7.57. The van der Waals surface area contributed by atoms with Gasteiger partial charge in [0.05, 0.1) is 24.9 Å². The van der Waals surface area contributed by atoms with Crippen molar-refractivity contribution >= 4 is 11.8 Å². The summed E-state index contributed by atoms with van der Waals surface area (Å²) >= 11 is 0. The number of aromatic nitrogens is 3. The zero-order valence-corrected chi connectivity index (χ0v) is 20.2. The molecule has 2 aromatic heterocycles. The molecule has 4 aromatic rings. The van der Waals surface area contributed by atoms with Gasteiger partial charge in [-0.3, -0.25) is 9.59 Å². The second-order valence-corrected chi connectivity index (χ2v) is 8.88.